The number of para-hydroxylation sites is 1. The summed E-state index contributed by atoms with van der Waals surface area (Å²) in [5.74, 6) is 0. The van der Waals surface area contributed by atoms with Crippen molar-refractivity contribution >= 4 is 43.0 Å². The molecular weight excluding hydrogens is 751 g/mol. The molecule has 49 heavy (non-hydrogen) atoms. The van der Waals surface area contributed by atoms with Gasteiger partial charge in [-0.05, 0) is 73.0 Å². The predicted molar refractivity (Wildman–Crippen MR) is 190 cm³/mol. The second kappa shape index (κ2) is 17.7. The molecule has 0 spiro atoms. The summed E-state index contributed by atoms with van der Waals surface area (Å²) in [6.45, 7) is 2.24. The summed E-state index contributed by atoms with van der Waals surface area (Å²) in [7, 11) is -4.31. The molecule has 0 aliphatic heterocycles. The van der Waals surface area contributed by atoms with Gasteiger partial charge in [-0.3, -0.25) is 4.79 Å². The number of aryl methyl sites for hydroxylation is 1. The minimum absolute atomic E-state index is 0.0118. The van der Waals surface area contributed by atoms with Crippen LogP contribution in [0.25, 0.3) is 32.9 Å². The molecule has 0 aliphatic rings. The molecule has 0 N–H and O–H groups in total. The number of benzene rings is 4. The van der Waals surface area contributed by atoms with Crippen LogP contribution in [0.15, 0.2) is 120 Å². The first-order valence-electron chi connectivity index (χ1n) is 16.9. The Bertz CT molecular complexity index is 2220. The predicted octanol–water partition coefficient (Wildman–Crippen LogP) is 6.24. The number of halogens is 1. The van der Waals surface area contributed by atoms with E-state index in [0.717, 1.165) is 30.9 Å². The maximum Gasteiger partial charge on any atom is 0.358 e. The van der Waals surface area contributed by atoms with Crippen LogP contribution in [0.1, 0.15) is 76.7 Å². The molecule has 6 aromatic rings. The Kier molecular flexibility index (Phi) is 13.2. The van der Waals surface area contributed by atoms with Crippen molar-refractivity contribution in [3.63, 3.8) is 0 Å². The maximum atomic E-state index is 12.8. The standard InChI is InChI=1S/C22H12IO4.C18H30O3S/c24-21-10-6-13-5-7-15(12-20(13)27-21)23-14-8-9-19-17(11-14)22(25)16-3-1-2-4-18(16)26-19;1-2-3-4-5-6-7-8-9-10-11-12-17-13-15-18(16-14-17)22(19,20)21/h1-12H;13-16H,2-12H2,1H3,(H,19,20,21)/q+1;/p-1. The molecule has 0 atom stereocenters. The number of hydrogen-bond acceptors (Lipinski definition) is 7. The van der Waals surface area contributed by atoms with Gasteiger partial charge in [0.1, 0.15) is 26.9 Å². The summed E-state index contributed by atoms with van der Waals surface area (Å²) in [6.07, 6.45) is 14.0. The normalized spacial score (nSPS) is 11.6. The summed E-state index contributed by atoms with van der Waals surface area (Å²) < 4.78 is 45.8. The summed E-state index contributed by atoms with van der Waals surface area (Å²) in [6, 6.07) is 28.5. The first-order valence-corrected chi connectivity index (χ1v) is 20.5. The molecule has 0 saturated carbocycles. The van der Waals surface area contributed by atoms with Crippen molar-refractivity contribution in [3.8, 4) is 0 Å². The summed E-state index contributed by atoms with van der Waals surface area (Å²) in [5.41, 5.74) is 2.52. The Morgan fingerprint density at radius 2 is 1.22 bits per heavy atom. The lowest BCUT2D eigenvalue weighted by Gasteiger charge is -2.08. The van der Waals surface area contributed by atoms with E-state index in [1.54, 1.807) is 30.3 Å². The van der Waals surface area contributed by atoms with E-state index < -0.39 is 31.3 Å². The topological polar surface area (TPSA) is 118 Å². The minimum atomic E-state index is -4.31. The van der Waals surface area contributed by atoms with Gasteiger partial charge < -0.3 is 13.4 Å². The molecular formula is C40H41IO7S. The molecule has 0 aliphatic carbocycles. The van der Waals surface area contributed by atoms with E-state index in [1.807, 2.05) is 48.5 Å². The lowest BCUT2D eigenvalue weighted by Crippen LogP contribution is -3.61. The fraction of sp³-hybridized carbons (Fsp3) is 0.300. The van der Waals surface area contributed by atoms with Gasteiger partial charge in [-0.25, -0.2) is 13.2 Å². The highest BCUT2D eigenvalue weighted by Gasteiger charge is 2.19. The van der Waals surface area contributed by atoms with Gasteiger partial charge in [-0.15, -0.1) is 0 Å². The lowest BCUT2D eigenvalue weighted by atomic mass is 10.0. The monoisotopic (exact) mass is 792 g/mol. The van der Waals surface area contributed by atoms with Crippen molar-refractivity contribution in [2.45, 2.75) is 82.4 Å². The first-order chi connectivity index (χ1) is 23.7. The maximum absolute atomic E-state index is 12.8. The van der Waals surface area contributed by atoms with Gasteiger partial charge in [-0.1, -0.05) is 89.0 Å². The van der Waals surface area contributed by atoms with Crippen LogP contribution in [-0.4, -0.2) is 13.0 Å². The molecule has 0 saturated heterocycles. The Balaban J connectivity index is 0.000000196. The molecule has 0 fully saturated rings. The molecule has 256 valence electrons. The number of fused-ring (bicyclic) bond motifs is 3. The van der Waals surface area contributed by atoms with Crippen LogP contribution in [0.2, 0.25) is 0 Å². The fourth-order valence-corrected chi connectivity index (χ4v) is 8.51. The quantitative estimate of drug-likeness (QED) is 0.0422. The Morgan fingerprint density at radius 1 is 0.612 bits per heavy atom. The molecule has 6 rings (SSSR count). The smallest absolute Gasteiger partial charge is 0.358 e. The molecule has 2 aromatic heterocycles. The first kappa shape index (κ1) is 36.5. The van der Waals surface area contributed by atoms with E-state index in [2.05, 4.69) is 6.92 Å². The molecule has 0 radical (unpaired) electrons. The summed E-state index contributed by atoms with van der Waals surface area (Å²) in [4.78, 5) is 24.1. The van der Waals surface area contributed by atoms with Gasteiger partial charge >= 0.3 is 26.8 Å². The van der Waals surface area contributed by atoms with Crippen LogP contribution >= 0.6 is 0 Å². The van der Waals surface area contributed by atoms with Gasteiger partial charge in [0.05, 0.1) is 15.7 Å². The Labute approximate surface area is 297 Å². The zero-order chi connectivity index (χ0) is 34.6. The van der Waals surface area contributed by atoms with Crippen molar-refractivity contribution in [1.82, 2.24) is 0 Å². The van der Waals surface area contributed by atoms with Crippen molar-refractivity contribution < 1.29 is 43.0 Å². The van der Waals surface area contributed by atoms with E-state index in [-0.39, 0.29) is 15.9 Å². The highest BCUT2D eigenvalue weighted by molar-refractivity contribution is 7.85. The summed E-state index contributed by atoms with van der Waals surface area (Å²) >= 11 is -0.530. The molecule has 7 nitrogen and oxygen atoms in total. The van der Waals surface area contributed by atoms with Crippen LogP contribution in [-0.2, 0) is 16.5 Å². The second-order valence-corrected chi connectivity index (χ2v) is 16.5. The van der Waals surface area contributed by atoms with Crippen LogP contribution in [0.5, 0.6) is 0 Å². The molecule has 0 unspecified atom stereocenters. The highest BCUT2D eigenvalue weighted by Crippen LogP contribution is 2.18. The van der Waals surface area contributed by atoms with E-state index in [4.69, 9.17) is 8.83 Å². The average molecular weight is 793 g/mol. The van der Waals surface area contributed by atoms with E-state index >= 15 is 0 Å². The summed E-state index contributed by atoms with van der Waals surface area (Å²) in [5, 5.41) is 2.08. The lowest BCUT2D eigenvalue weighted by molar-refractivity contribution is -0.597. The zero-order valence-electron chi connectivity index (χ0n) is 27.7. The van der Waals surface area contributed by atoms with Gasteiger partial charge in [0.25, 0.3) is 0 Å². The Morgan fingerprint density at radius 3 is 1.94 bits per heavy atom. The number of hydrogen-bond donors (Lipinski definition) is 0. The molecule has 0 amide bonds. The van der Waals surface area contributed by atoms with Gasteiger partial charge in [0, 0.05) is 23.6 Å². The third kappa shape index (κ3) is 10.6. The van der Waals surface area contributed by atoms with Crippen LogP contribution < -0.4 is 32.3 Å². The largest absolute Gasteiger partial charge is 0.744 e. The Hall–Kier alpha value is -3.80. The van der Waals surface area contributed by atoms with Gasteiger partial charge in [-0.2, -0.15) is 0 Å². The molecule has 2 heterocycles. The second-order valence-electron chi connectivity index (χ2n) is 12.1. The van der Waals surface area contributed by atoms with Gasteiger partial charge in [0.2, 0.25) is 5.43 Å². The van der Waals surface area contributed by atoms with E-state index in [1.165, 1.54) is 76.0 Å². The highest BCUT2D eigenvalue weighted by atomic mass is 127. The van der Waals surface area contributed by atoms with Crippen LogP contribution in [0, 0.1) is 7.14 Å². The molecule has 0 bridgehead atoms. The zero-order valence-corrected chi connectivity index (χ0v) is 30.6. The number of rotatable bonds is 14. The van der Waals surface area contributed by atoms with Crippen molar-refractivity contribution in [1.29, 1.82) is 0 Å². The number of unbranched alkanes of at least 4 members (excludes halogenated alkanes) is 9. The van der Waals surface area contributed by atoms with Crippen molar-refractivity contribution in [2.24, 2.45) is 0 Å². The third-order valence-electron chi connectivity index (χ3n) is 8.37. The van der Waals surface area contributed by atoms with Crippen LogP contribution in [0.4, 0.5) is 0 Å². The SMILES string of the molecule is CCCCCCCCCCCCc1ccc(S(=O)(=O)[O-])cc1.O=c1ccc2ccc([I+]c3ccc4oc5ccccc5c(=O)c4c3)cc2o1. The van der Waals surface area contributed by atoms with E-state index in [0.29, 0.717) is 27.5 Å². The third-order valence-corrected chi connectivity index (χ3v) is 11.8. The van der Waals surface area contributed by atoms with Crippen molar-refractivity contribution in [2.75, 3.05) is 0 Å². The van der Waals surface area contributed by atoms with Crippen LogP contribution in [0.3, 0.4) is 0 Å². The fourth-order valence-electron chi connectivity index (χ4n) is 5.69. The molecule has 4 aromatic carbocycles. The van der Waals surface area contributed by atoms with Gasteiger partial charge in [0.15, 0.2) is 7.14 Å². The minimum Gasteiger partial charge on any atom is -0.744 e. The van der Waals surface area contributed by atoms with E-state index in [9.17, 15) is 22.6 Å². The molecule has 9 heteroatoms. The van der Waals surface area contributed by atoms with Crippen molar-refractivity contribution in [3.05, 3.63) is 130 Å². The average Bonchev–Trinajstić information content (AvgIpc) is 3.09.